The van der Waals surface area contributed by atoms with Gasteiger partial charge in [0.1, 0.15) is 6.33 Å². The number of carbonyl (C=O) groups excluding carboxylic acids is 1. The van der Waals surface area contributed by atoms with Crippen molar-refractivity contribution in [3.8, 4) is 0 Å². The smallest absolute Gasteiger partial charge is 0.237 e. The Balaban J connectivity index is 2.13. The normalized spacial score (nSPS) is 12.1. The Hall–Kier alpha value is -2.02. The second-order valence-electron chi connectivity index (χ2n) is 4.93. The number of benzene rings is 1. The van der Waals surface area contributed by atoms with Crippen LogP contribution in [0.5, 0.6) is 0 Å². The number of amides is 1. The van der Waals surface area contributed by atoms with Crippen molar-refractivity contribution in [1.82, 2.24) is 14.9 Å². The molecule has 0 saturated carbocycles. The van der Waals surface area contributed by atoms with E-state index in [0.29, 0.717) is 5.16 Å². The first kappa shape index (κ1) is 16.4. The van der Waals surface area contributed by atoms with Crippen LogP contribution in [0.4, 0.5) is 5.69 Å². The van der Waals surface area contributed by atoms with E-state index < -0.39 is 0 Å². The molecule has 0 radical (unpaired) electrons. The zero-order valence-electron chi connectivity index (χ0n) is 13.0. The Kier molecular flexibility index (Phi) is 5.43. The highest BCUT2D eigenvalue weighted by Crippen LogP contribution is 2.25. The van der Waals surface area contributed by atoms with Crippen molar-refractivity contribution in [1.29, 1.82) is 0 Å². The lowest BCUT2D eigenvalue weighted by Crippen LogP contribution is -2.24. The number of para-hydroxylation sites is 1. The maximum atomic E-state index is 12.5. The summed E-state index contributed by atoms with van der Waals surface area (Å²) < 4.78 is 1.31. The zero-order valence-corrected chi connectivity index (χ0v) is 13.9. The van der Waals surface area contributed by atoms with Gasteiger partial charge in [0.15, 0.2) is 0 Å². The quantitative estimate of drug-likeness (QED) is 0.630. The number of thioether (sulfide) groups is 1. The molecule has 0 spiro atoms. The Morgan fingerprint density at radius 2 is 2.00 bits per heavy atom. The minimum atomic E-state index is -0.318. The van der Waals surface area contributed by atoms with Crippen LogP contribution in [0.1, 0.15) is 31.9 Å². The number of rotatable bonds is 6. The van der Waals surface area contributed by atoms with Crippen LogP contribution in [0.3, 0.4) is 0 Å². The van der Waals surface area contributed by atoms with Gasteiger partial charge in [0, 0.05) is 5.69 Å². The van der Waals surface area contributed by atoms with Gasteiger partial charge in [-0.1, -0.05) is 43.8 Å². The van der Waals surface area contributed by atoms with E-state index in [4.69, 9.17) is 5.84 Å². The molecule has 0 unspecified atom stereocenters. The molecule has 2 rings (SSSR count). The third-order valence-electron chi connectivity index (χ3n) is 3.44. The molecule has 1 aromatic heterocycles. The van der Waals surface area contributed by atoms with Crippen molar-refractivity contribution in [3.05, 3.63) is 35.7 Å². The van der Waals surface area contributed by atoms with Crippen molar-refractivity contribution < 1.29 is 4.79 Å². The Bertz CT molecular complexity index is 633. The fourth-order valence-electron chi connectivity index (χ4n) is 2.16. The van der Waals surface area contributed by atoms with Crippen LogP contribution in [0.25, 0.3) is 0 Å². The monoisotopic (exact) mass is 319 g/mol. The Labute approximate surface area is 134 Å². The zero-order chi connectivity index (χ0) is 16.1. The van der Waals surface area contributed by atoms with Crippen LogP contribution in [0.15, 0.2) is 29.7 Å². The van der Waals surface area contributed by atoms with E-state index in [9.17, 15) is 4.79 Å². The Morgan fingerprint density at radius 3 is 2.50 bits per heavy atom. The van der Waals surface area contributed by atoms with Gasteiger partial charge < -0.3 is 11.2 Å². The maximum Gasteiger partial charge on any atom is 0.237 e. The molecule has 1 heterocycles. The maximum absolute atomic E-state index is 12.5. The standard InChI is InChI=1S/C15H21N5OS/c1-4-11-7-6-8-12(5-2)13(11)18-14(21)10(3)22-15-19-17-9-20(15)16/h6-10H,4-5,16H2,1-3H3,(H,18,21)/t10-/m0/s1. The SMILES string of the molecule is CCc1cccc(CC)c1NC(=O)[C@H](C)Sc1nncn1N. The molecular formula is C15H21N5OS. The van der Waals surface area contributed by atoms with Crippen molar-refractivity contribution in [2.45, 2.75) is 44.0 Å². The number of nitrogen functional groups attached to an aromatic ring is 1. The first-order valence-corrected chi connectivity index (χ1v) is 8.18. The first-order valence-electron chi connectivity index (χ1n) is 7.30. The number of carbonyl (C=O) groups is 1. The number of nitrogens with zero attached hydrogens (tertiary/aromatic N) is 3. The average Bonchev–Trinajstić information content (AvgIpc) is 2.92. The lowest BCUT2D eigenvalue weighted by atomic mass is 10.0. The van der Waals surface area contributed by atoms with E-state index in [1.807, 2.05) is 25.1 Å². The van der Waals surface area contributed by atoms with Crippen molar-refractivity contribution in [2.24, 2.45) is 0 Å². The summed E-state index contributed by atoms with van der Waals surface area (Å²) in [4.78, 5) is 12.5. The number of anilines is 1. The molecule has 1 amide bonds. The first-order chi connectivity index (χ1) is 10.6. The largest absolute Gasteiger partial charge is 0.336 e. The summed E-state index contributed by atoms with van der Waals surface area (Å²) in [5.41, 5.74) is 3.22. The summed E-state index contributed by atoms with van der Waals surface area (Å²) in [5.74, 6) is 5.61. The fraction of sp³-hybridized carbons (Fsp3) is 0.400. The molecular weight excluding hydrogens is 298 g/mol. The van der Waals surface area contributed by atoms with Gasteiger partial charge >= 0.3 is 0 Å². The van der Waals surface area contributed by atoms with Gasteiger partial charge in [0.2, 0.25) is 11.1 Å². The van der Waals surface area contributed by atoms with Gasteiger partial charge in [-0.2, -0.15) is 0 Å². The van der Waals surface area contributed by atoms with E-state index in [0.717, 1.165) is 29.7 Å². The van der Waals surface area contributed by atoms with Crippen LogP contribution >= 0.6 is 11.8 Å². The minimum Gasteiger partial charge on any atom is -0.336 e. The third-order valence-corrected chi connectivity index (χ3v) is 4.51. The predicted molar refractivity (Wildman–Crippen MR) is 89.3 cm³/mol. The summed E-state index contributed by atoms with van der Waals surface area (Å²) in [7, 11) is 0. The second-order valence-corrected chi connectivity index (χ2v) is 6.24. The van der Waals surface area contributed by atoms with Gasteiger partial charge in [0.05, 0.1) is 5.25 Å². The molecule has 0 fully saturated rings. The van der Waals surface area contributed by atoms with E-state index in [1.165, 1.54) is 22.8 Å². The van der Waals surface area contributed by atoms with Crippen molar-refractivity contribution >= 4 is 23.4 Å². The lowest BCUT2D eigenvalue weighted by Gasteiger charge is -2.16. The molecule has 7 heteroatoms. The van der Waals surface area contributed by atoms with Crippen molar-refractivity contribution in [3.63, 3.8) is 0 Å². The lowest BCUT2D eigenvalue weighted by molar-refractivity contribution is -0.115. The average molecular weight is 319 g/mol. The number of aromatic nitrogens is 3. The van der Waals surface area contributed by atoms with Crippen LogP contribution in [0, 0.1) is 0 Å². The number of nitrogens with two attached hydrogens (primary N) is 1. The summed E-state index contributed by atoms with van der Waals surface area (Å²) >= 11 is 1.28. The predicted octanol–water partition coefficient (Wildman–Crippen LogP) is 2.24. The van der Waals surface area contributed by atoms with Crippen LogP contribution in [0.2, 0.25) is 0 Å². The molecule has 118 valence electrons. The van der Waals surface area contributed by atoms with Gasteiger partial charge in [-0.3, -0.25) is 4.79 Å². The molecule has 22 heavy (non-hydrogen) atoms. The molecule has 3 N–H and O–H groups in total. The van der Waals surface area contributed by atoms with Gasteiger partial charge in [0.25, 0.3) is 0 Å². The van der Waals surface area contributed by atoms with E-state index in [-0.39, 0.29) is 11.2 Å². The highest BCUT2D eigenvalue weighted by Gasteiger charge is 2.19. The van der Waals surface area contributed by atoms with Crippen LogP contribution in [-0.4, -0.2) is 26.0 Å². The van der Waals surface area contributed by atoms with E-state index >= 15 is 0 Å². The molecule has 6 nitrogen and oxygen atoms in total. The third kappa shape index (κ3) is 3.59. The second kappa shape index (κ2) is 7.31. The topological polar surface area (TPSA) is 85.8 Å². The molecule has 0 aliphatic rings. The number of aryl methyl sites for hydroxylation is 2. The van der Waals surface area contributed by atoms with Crippen LogP contribution in [-0.2, 0) is 17.6 Å². The summed E-state index contributed by atoms with van der Waals surface area (Å²) in [6.07, 6.45) is 3.17. The highest BCUT2D eigenvalue weighted by molar-refractivity contribution is 8.00. The molecule has 0 aliphatic heterocycles. The van der Waals surface area contributed by atoms with Gasteiger partial charge in [-0.15, -0.1) is 10.2 Å². The number of hydrogen-bond donors (Lipinski definition) is 2. The number of hydrogen-bond acceptors (Lipinski definition) is 5. The molecule has 0 bridgehead atoms. The molecule has 2 aromatic rings. The van der Waals surface area contributed by atoms with Crippen LogP contribution < -0.4 is 11.2 Å². The molecule has 1 aromatic carbocycles. The summed E-state index contributed by atoms with van der Waals surface area (Å²) in [5, 5.41) is 10.8. The van der Waals surface area contributed by atoms with Gasteiger partial charge in [-0.05, 0) is 30.9 Å². The molecule has 1 atom stereocenters. The van der Waals surface area contributed by atoms with Gasteiger partial charge in [-0.25, -0.2) is 4.68 Å². The van der Waals surface area contributed by atoms with E-state index in [2.05, 4.69) is 29.4 Å². The summed E-state index contributed by atoms with van der Waals surface area (Å²) in [6.45, 7) is 5.99. The molecule has 0 saturated heterocycles. The van der Waals surface area contributed by atoms with E-state index in [1.54, 1.807) is 0 Å². The fourth-order valence-corrected chi connectivity index (χ4v) is 2.90. The van der Waals surface area contributed by atoms with Crippen molar-refractivity contribution in [2.75, 3.05) is 11.2 Å². The summed E-state index contributed by atoms with van der Waals surface area (Å²) in [6, 6.07) is 6.12. The highest BCUT2D eigenvalue weighted by atomic mass is 32.2. The molecule has 0 aliphatic carbocycles. The Morgan fingerprint density at radius 1 is 1.36 bits per heavy atom. The minimum absolute atomic E-state index is 0.0661. The number of nitrogens with one attached hydrogen (secondary N) is 1.